The van der Waals surface area contributed by atoms with Gasteiger partial charge in [0.1, 0.15) is 6.54 Å². The van der Waals surface area contributed by atoms with Crippen LogP contribution in [0.3, 0.4) is 0 Å². The number of hydrogen-bond acceptors (Lipinski definition) is 2. The summed E-state index contributed by atoms with van der Waals surface area (Å²) in [4.78, 5) is 23.1. The molecule has 2 aromatic carbocycles. The largest absolute Gasteiger partial charge is 0.465 e. The number of carboxylic acid groups (broad SMARTS) is 1. The van der Waals surface area contributed by atoms with Crippen molar-refractivity contribution in [3.8, 4) is 11.1 Å². The first-order valence-electron chi connectivity index (χ1n) is 6.45. The van der Waals surface area contributed by atoms with Gasteiger partial charge in [-0.05, 0) is 22.3 Å². The van der Waals surface area contributed by atoms with Crippen LogP contribution in [-0.2, 0) is 4.79 Å². The summed E-state index contributed by atoms with van der Waals surface area (Å²) in [6.45, 7) is -0.775. The summed E-state index contributed by atoms with van der Waals surface area (Å²) in [5, 5.41) is 9.34. The van der Waals surface area contributed by atoms with Gasteiger partial charge in [-0.2, -0.15) is 4.39 Å². The molecule has 0 bridgehead atoms. The van der Waals surface area contributed by atoms with Crippen LogP contribution in [0.4, 0.5) is 9.18 Å². The first-order valence-corrected chi connectivity index (χ1v) is 6.45. The van der Waals surface area contributed by atoms with E-state index in [4.69, 9.17) is 0 Å². The molecule has 0 unspecified atom stereocenters. The molecule has 4 nitrogen and oxygen atoms in total. The molecule has 0 aliphatic heterocycles. The van der Waals surface area contributed by atoms with E-state index in [1.165, 1.54) is 0 Å². The fourth-order valence-corrected chi connectivity index (χ4v) is 2.87. The van der Waals surface area contributed by atoms with Crippen LogP contribution in [0.2, 0.25) is 0 Å². The lowest BCUT2D eigenvalue weighted by molar-refractivity contribution is -0.130. The Morgan fingerprint density at radius 2 is 1.48 bits per heavy atom. The molecule has 1 N–H and O–H groups in total. The standard InChI is InChI=1S/C16H12FNO3/c17-14(19)9-18(16(20)21)15-12-7-3-1-5-10(12)11-6-2-4-8-13(11)15/h1-8,15H,9H2,(H,20,21). The summed E-state index contributed by atoms with van der Waals surface area (Å²) in [7, 11) is 0. The Labute approximate surface area is 120 Å². The Morgan fingerprint density at radius 3 is 1.90 bits per heavy atom. The van der Waals surface area contributed by atoms with Crippen LogP contribution in [0.15, 0.2) is 48.5 Å². The zero-order valence-electron chi connectivity index (χ0n) is 11.0. The zero-order chi connectivity index (χ0) is 15.0. The third kappa shape index (κ3) is 2.16. The Hall–Kier alpha value is -2.69. The van der Waals surface area contributed by atoms with Crippen LogP contribution in [0, 0.1) is 0 Å². The van der Waals surface area contributed by atoms with Crippen LogP contribution in [0.5, 0.6) is 0 Å². The molecule has 1 aliphatic carbocycles. The van der Waals surface area contributed by atoms with Gasteiger partial charge in [0.25, 0.3) is 0 Å². The summed E-state index contributed by atoms with van der Waals surface area (Å²) in [5.41, 5.74) is 3.36. The molecule has 106 valence electrons. The van der Waals surface area contributed by atoms with E-state index in [0.717, 1.165) is 27.2 Å². The third-order valence-electron chi connectivity index (χ3n) is 3.65. The second kappa shape index (κ2) is 5.01. The van der Waals surface area contributed by atoms with E-state index in [2.05, 4.69) is 0 Å². The van der Waals surface area contributed by atoms with Gasteiger partial charge < -0.3 is 5.11 Å². The van der Waals surface area contributed by atoms with E-state index in [0.29, 0.717) is 0 Å². The Balaban J connectivity index is 2.17. The number of amides is 1. The zero-order valence-corrected chi connectivity index (χ0v) is 11.0. The fourth-order valence-electron chi connectivity index (χ4n) is 2.87. The minimum Gasteiger partial charge on any atom is -0.465 e. The van der Waals surface area contributed by atoms with Crippen LogP contribution < -0.4 is 0 Å². The highest BCUT2D eigenvalue weighted by atomic mass is 19.1. The van der Waals surface area contributed by atoms with E-state index in [-0.39, 0.29) is 0 Å². The van der Waals surface area contributed by atoms with Crippen LogP contribution in [-0.4, -0.2) is 28.7 Å². The van der Waals surface area contributed by atoms with Crippen molar-refractivity contribution < 1.29 is 19.1 Å². The first kappa shape index (κ1) is 13.3. The van der Waals surface area contributed by atoms with Gasteiger partial charge in [-0.25, -0.2) is 4.79 Å². The summed E-state index contributed by atoms with van der Waals surface area (Å²) in [5.74, 6) is 0. The van der Waals surface area contributed by atoms with Crippen molar-refractivity contribution in [1.29, 1.82) is 0 Å². The summed E-state index contributed by atoms with van der Waals surface area (Å²) in [6, 6.07) is 12.4. The van der Waals surface area contributed by atoms with Gasteiger partial charge in [-0.3, -0.25) is 9.69 Å². The number of carbonyl (C=O) groups is 2. The van der Waals surface area contributed by atoms with Crippen molar-refractivity contribution >= 4 is 12.1 Å². The molecule has 0 radical (unpaired) electrons. The number of rotatable bonds is 3. The predicted molar refractivity (Wildman–Crippen MR) is 74.6 cm³/mol. The molecule has 3 rings (SSSR count). The quantitative estimate of drug-likeness (QED) is 0.881. The van der Waals surface area contributed by atoms with Crippen molar-refractivity contribution in [3.05, 3.63) is 59.7 Å². The molecule has 0 saturated carbocycles. The summed E-state index contributed by atoms with van der Waals surface area (Å²) >= 11 is 0. The maximum absolute atomic E-state index is 12.8. The highest BCUT2D eigenvalue weighted by Gasteiger charge is 2.36. The van der Waals surface area contributed by atoms with E-state index < -0.39 is 24.7 Å². The molecular weight excluding hydrogens is 273 g/mol. The maximum atomic E-state index is 12.8. The minimum atomic E-state index is -1.67. The van der Waals surface area contributed by atoms with Crippen LogP contribution >= 0.6 is 0 Å². The molecule has 2 aromatic rings. The van der Waals surface area contributed by atoms with Crippen molar-refractivity contribution in [2.45, 2.75) is 6.04 Å². The van der Waals surface area contributed by atoms with Gasteiger partial charge in [-0.15, -0.1) is 0 Å². The normalized spacial score (nSPS) is 12.6. The molecule has 0 spiro atoms. The highest BCUT2D eigenvalue weighted by Crippen LogP contribution is 2.46. The molecule has 1 aliphatic rings. The topological polar surface area (TPSA) is 57.6 Å². The van der Waals surface area contributed by atoms with Crippen molar-refractivity contribution in [2.24, 2.45) is 0 Å². The van der Waals surface area contributed by atoms with Crippen molar-refractivity contribution in [3.63, 3.8) is 0 Å². The van der Waals surface area contributed by atoms with Crippen molar-refractivity contribution in [1.82, 2.24) is 4.90 Å². The van der Waals surface area contributed by atoms with Crippen LogP contribution in [0.1, 0.15) is 17.2 Å². The second-order valence-electron chi connectivity index (χ2n) is 4.84. The molecule has 5 heteroatoms. The number of halogens is 1. The van der Waals surface area contributed by atoms with Gasteiger partial charge in [0.15, 0.2) is 0 Å². The lowest BCUT2D eigenvalue weighted by atomic mass is 10.0. The summed E-state index contributed by atoms with van der Waals surface area (Å²) in [6.07, 6.45) is -1.32. The lowest BCUT2D eigenvalue weighted by Crippen LogP contribution is -2.36. The van der Waals surface area contributed by atoms with Crippen molar-refractivity contribution in [2.75, 3.05) is 6.54 Å². The van der Waals surface area contributed by atoms with Gasteiger partial charge in [-0.1, -0.05) is 48.5 Å². The number of carbonyl (C=O) groups excluding carboxylic acids is 1. The smallest absolute Gasteiger partial charge is 0.408 e. The van der Waals surface area contributed by atoms with Gasteiger partial charge >= 0.3 is 12.1 Å². The molecule has 0 saturated heterocycles. The number of fused-ring (bicyclic) bond motifs is 3. The summed E-state index contributed by atoms with van der Waals surface area (Å²) < 4.78 is 12.8. The maximum Gasteiger partial charge on any atom is 0.408 e. The molecular formula is C16H12FNO3. The molecule has 1 amide bonds. The highest BCUT2D eigenvalue weighted by molar-refractivity contribution is 5.83. The Kier molecular flexibility index (Phi) is 3.17. The van der Waals surface area contributed by atoms with E-state index >= 15 is 0 Å². The van der Waals surface area contributed by atoms with E-state index in [1.807, 2.05) is 24.3 Å². The molecule has 0 heterocycles. The SMILES string of the molecule is O=C(F)CN(C(=O)O)C1c2ccccc2-c2ccccc21. The van der Waals surface area contributed by atoms with Gasteiger partial charge in [0.05, 0.1) is 6.04 Å². The monoisotopic (exact) mass is 285 g/mol. The fraction of sp³-hybridized carbons (Fsp3) is 0.125. The van der Waals surface area contributed by atoms with Gasteiger partial charge in [0.2, 0.25) is 0 Å². The average molecular weight is 285 g/mol. The average Bonchev–Trinajstić information content (AvgIpc) is 2.79. The van der Waals surface area contributed by atoms with Crippen LogP contribution in [0.25, 0.3) is 11.1 Å². The second-order valence-corrected chi connectivity index (χ2v) is 4.84. The predicted octanol–water partition coefficient (Wildman–Crippen LogP) is 3.23. The molecule has 0 fully saturated rings. The number of hydrogen-bond donors (Lipinski definition) is 1. The Bertz CT molecular complexity index is 683. The first-order chi connectivity index (χ1) is 10.1. The molecule has 0 atom stereocenters. The Morgan fingerprint density at radius 1 is 1.00 bits per heavy atom. The number of nitrogens with zero attached hydrogens (tertiary/aromatic N) is 1. The minimum absolute atomic E-state index is 0.658. The van der Waals surface area contributed by atoms with E-state index in [9.17, 15) is 19.1 Å². The molecule has 0 aromatic heterocycles. The van der Waals surface area contributed by atoms with E-state index in [1.54, 1.807) is 24.3 Å². The number of benzene rings is 2. The molecule has 21 heavy (non-hydrogen) atoms. The van der Waals surface area contributed by atoms with Gasteiger partial charge in [0, 0.05) is 0 Å². The third-order valence-corrected chi connectivity index (χ3v) is 3.65. The lowest BCUT2D eigenvalue weighted by Gasteiger charge is -2.26.